The summed E-state index contributed by atoms with van der Waals surface area (Å²) in [6, 6.07) is 8.20. The zero-order chi connectivity index (χ0) is 17.3. The van der Waals surface area contributed by atoms with E-state index in [0.717, 1.165) is 18.7 Å². The number of rotatable bonds is 4. The van der Waals surface area contributed by atoms with Crippen LogP contribution in [0.3, 0.4) is 0 Å². The van der Waals surface area contributed by atoms with Crippen LogP contribution in [0.4, 0.5) is 0 Å². The predicted molar refractivity (Wildman–Crippen MR) is 92.4 cm³/mol. The van der Waals surface area contributed by atoms with Crippen molar-refractivity contribution in [3.8, 4) is 0 Å². The minimum absolute atomic E-state index is 0.00775. The Labute approximate surface area is 143 Å². The maximum atomic E-state index is 12.3. The zero-order valence-corrected chi connectivity index (χ0v) is 14.5. The number of hydrogen-bond donors (Lipinski definition) is 3. The van der Waals surface area contributed by atoms with Crippen molar-refractivity contribution in [2.24, 2.45) is 11.8 Å². The van der Waals surface area contributed by atoms with E-state index >= 15 is 0 Å². The van der Waals surface area contributed by atoms with Gasteiger partial charge in [-0.1, -0.05) is 29.8 Å². The number of aliphatic hydroxyl groups is 2. The SMILES string of the molecule is Cc1ccc([C@@H](C)NC(=O)CN2C[C@H]3C[C@H](O)[C@@H](O)C[C@H]3C2)cc1. The van der Waals surface area contributed by atoms with Crippen molar-refractivity contribution >= 4 is 5.91 Å². The van der Waals surface area contributed by atoms with Gasteiger partial charge in [0.2, 0.25) is 5.91 Å². The van der Waals surface area contributed by atoms with Crippen molar-refractivity contribution < 1.29 is 15.0 Å². The molecule has 1 aliphatic heterocycles. The molecule has 0 bridgehead atoms. The van der Waals surface area contributed by atoms with Gasteiger partial charge in [-0.2, -0.15) is 0 Å². The lowest BCUT2D eigenvalue weighted by molar-refractivity contribution is -0.122. The molecular weight excluding hydrogens is 304 g/mol. The Bertz CT molecular complexity index is 556. The van der Waals surface area contributed by atoms with Crippen LogP contribution < -0.4 is 5.32 Å². The third kappa shape index (κ3) is 3.97. The summed E-state index contributed by atoms with van der Waals surface area (Å²) in [5.74, 6) is 0.819. The van der Waals surface area contributed by atoms with Crippen molar-refractivity contribution in [3.63, 3.8) is 0 Å². The zero-order valence-electron chi connectivity index (χ0n) is 14.5. The number of carbonyl (C=O) groups is 1. The first-order valence-electron chi connectivity index (χ1n) is 8.86. The number of carbonyl (C=O) groups excluding carboxylic acids is 1. The van der Waals surface area contributed by atoms with Crippen molar-refractivity contribution in [1.29, 1.82) is 0 Å². The van der Waals surface area contributed by atoms with Gasteiger partial charge in [-0.15, -0.1) is 0 Å². The molecule has 132 valence electrons. The molecule has 24 heavy (non-hydrogen) atoms. The van der Waals surface area contributed by atoms with E-state index in [9.17, 15) is 15.0 Å². The number of likely N-dealkylation sites (tertiary alicyclic amines) is 1. The molecule has 0 unspecified atom stereocenters. The van der Waals surface area contributed by atoms with Crippen LogP contribution in [0.25, 0.3) is 0 Å². The summed E-state index contributed by atoms with van der Waals surface area (Å²) in [6.07, 6.45) is 0.0659. The number of benzene rings is 1. The fourth-order valence-corrected chi connectivity index (χ4v) is 4.06. The molecule has 3 rings (SSSR count). The van der Waals surface area contributed by atoms with Crippen LogP contribution >= 0.6 is 0 Å². The van der Waals surface area contributed by atoms with E-state index in [0.29, 0.717) is 31.2 Å². The summed E-state index contributed by atoms with van der Waals surface area (Å²) in [5.41, 5.74) is 2.32. The van der Waals surface area contributed by atoms with Crippen molar-refractivity contribution in [2.75, 3.05) is 19.6 Å². The van der Waals surface area contributed by atoms with E-state index < -0.39 is 12.2 Å². The Morgan fingerprint density at radius 2 is 1.71 bits per heavy atom. The van der Waals surface area contributed by atoms with Crippen LogP contribution in [-0.2, 0) is 4.79 Å². The fraction of sp³-hybridized carbons (Fsp3) is 0.632. The van der Waals surface area contributed by atoms with Crippen molar-refractivity contribution in [2.45, 2.75) is 44.9 Å². The molecule has 1 aromatic carbocycles. The maximum Gasteiger partial charge on any atom is 0.234 e. The van der Waals surface area contributed by atoms with Gasteiger partial charge in [0.05, 0.1) is 24.8 Å². The molecule has 2 fully saturated rings. The van der Waals surface area contributed by atoms with Gasteiger partial charge in [0, 0.05) is 13.1 Å². The molecule has 3 N–H and O–H groups in total. The van der Waals surface area contributed by atoms with Gasteiger partial charge in [0.25, 0.3) is 0 Å². The summed E-state index contributed by atoms with van der Waals surface area (Å²) in [7, 11) is 0. The van der Waals surface area contributed by atoms with E-state index in [2.05, 4.69) is 22.3 Å². The number of amides is 1. The van der Waals surface area contributed by atoms with Gasteiger partial charge >= 0.3 is 0 Å². The van der Waals surface area contributed by atoms with Gasteiger partial charge in [0.15, 0.2) is 0 Å². The minimum Gasteiger partial charge on any atom is -0.390 e. The topological polar surface area (TPSA) is 72.8 Å². The molecule has 0 radical (unpaired) electrons. The fourth-order valence-electron chi connectivity index (χ4n) is 4.06. The number of aliphatic hydroxyl groups excluding tert-OH is 2. The van der Waals surface area contributed by atoms with E-state index in [-0.39, 0.29) is 11.9 Å². The number of fused-ring (bicyclic) bond motifs is 1. The van der Waals surface area contributed by atoms with E-state index in [1.54, 1.807) is 0 Å². The smallest absolute Gasteiger partial charge is 0.234 e. The quantitative estimate of drug-likeness (QED) is 0.776. The summed E-state index contributed by atoms with van der Waals surface area (Å²) in [6.45, 7) is 6.10. The van der Waals surface area contributed by atoms with Crippen molar-refractivity contribution in [3.05, 3.63) is 35.4 Å². The van der Waals surface area contributed by atoms with Crippen molar-refractivity contribution in [1.82, 2.24) is 10.2 Å². The van der Waals surface area contributed by atoms with Crippen LogP contribution in [0.5, 0.6) is 0 Å². The molecule has 2 aliphatic rings. The average Bonchev–Trinajstić information content (AvgIpc) is 2.89. The van der Waals surface area contributed by atoms with Gasteiger partial charge in [-0.25, -0.2) is 0 Å². The number of nitrogens with zero attached hydrogens (tertiary/aromatic N) is 1. The number of nitrogens with one attached hydrogen (secondary N) is 1. The first-order valence-corrected chi connectivity index (χ1v) is 8.86. The molecule has 1 saturated heterocycles. The molecule has 1 heterocycles. The molecular formula is C19H28N2O3. The van der Waals surface area contributed by atoms with Gasteiger partial charge in [-0.05, 0) is 44.1 Å². The highest BCUT2D eigenvalue weighted by atomic mass is 16.3. The van der Waals surface area contributed by atoms with E-state index in [1.165, 1.54) is 5.56 Å². The largest absolute Gasteiger partial charge is 0.390 e. The first kappa shape index (κ1) is 17.4. The highest BCUT2D eigenvalue weighted by Crippen LogP contribution is 2.36. The monoisotopic (exact) mass is 332 g/mol. The van der Waals surface area contributed by atoms with Gasteiger partial charge < -0.3 is 15.5 Å². The molecule has 5 atom stereocenters. The standard InChI is InChI=1S/C19H28N2O3/c1-12-3-5-14(6-4-12)13(2)20-19(24)11-21-9-15-7-17(22)18(23)8-16(15)10-21/h3-6,13,15-18,22-23H,7-11H2,1-2H3,(H,20,24)/t13-,15-,16+,17+,18+/m1/s1. The van der Waals surface area contributed by atoms with Gasteiger partial charge in [-0.3, -0.25) is 9.69 Å². The summed E-state index contributed by atoms with van der Waals surface area (Å²) in [4.78, 5) is 14.5. The molecule has 0 aromatic heterocycles. The summed E-state index contributed by atoms with van der Waals surface area (Å²) < 4.78 is 0. The van der Waals surface area contributed by atoms with Crippen LogP contribution in [0.1, 0.15) is 36.9 Å². The van der Waals surface area contributed by atoms with Crippen LogP contribution in [0.2, 0.25) is 0 Å². The van der Waals surface area contributed by atoms with Crippen LogP contribution in [0, 0.1) is 18.8 Å². The van der Waals surface area contributed by atoms with Gasteiger partial charge in [0.1, 0.15) is 0 Å². The van der Waals surface area contributed by atoms with Crippen LogP contribution in [0.15, 0.2) is 24.3 Å². The van der Waals surface area contributed by atoms with E-state index in [4.69, 9.17) is 0 Å². The molecule has 5 heteroatoms. The van der Waals surface area contributed by atoms with Crippen LogP contribution in [-0.4, -0.2) is 52.9 Å². The Morgan fingerprint density at radius 3 is 2.25 bits per heavy atom. The molecule has 1 saturated carbocycles. The second-order valence-electron chi connectivity index (χ2n) is 7.52. The number of hydrogen-bond acceptors (Lipinski definition) is 4. The Morgan fingerprint density at radius 1 is 1.17 bits per heavy atom. The molecule has 1 aromatic rings. The lowest BCUT2D eigenvalue weighted by Crippen LogP contribution is -2.38. The molecule has 0 spiro atoms. The lowest BCUT2D eigenvalue weighted by atomic mass is 9.79. The molecule has 1 amide bonds. The minimum atomic E-state index is -0.610. The second-order valence-corrected chi connectivity index (χ2v) is 7.52. The Hall–Kier alpha value is -1.43. The first-order chi connectivity index (χ1) is 11.4. The third-order valence-electron chi connectivity index (χ3n) is 5.51. The average molecular weight is 332 g/mol. The highest BCUT2D eigenvalue weighted by molar-refractivity contribution is 5.78. The number of aryl methyl sites for hydroxylation is 1. The highest BCUT2D eigenvalue weighted by Gasteiger charge is 2.41. The third-order valence-corrected chi connectivity index (χ3v) is 5.51. The maximum absolute atomic E-state index is 12.3. The predicted octanol–water partition coefficient (Wildman–Crippen LogP) is 1.24. The Balaban J connectivity index is 1.50. The summed E-state index contributed by atoms with van der Waals surface area (Å²) in [5, 5.41) is 22.7. The summed E-state index contributed by atoms with van der Waals surface area (Å²) >= 11 is 0. The Kier molecular flexibility index (Phi) is 5.23. The molecule has 1 aliphatic carbocycles. The molecule has 5 nitrogen and oxygen atoms in total. The second kappa shape index (κ2) is 7.21. The van der Waals surface area contributed by atoms with E-state index in [1.807, 2.05) is 26.0 Å². The lowest BCUT2D eigenvalue weighted by Gasteiger charge is -2.32. The normalized spacial score (nSPS) is 31.5.